The topological polar surface area (TPSA) is 135 Å². The number of benzene rings is 3. The van der Waals surface area contributed by atoms with Gasteiger partial charge in [0.2, 0.25) is 11.8 Å². The van der Waals surface area contributed by atoms with Gasteiger partial charge in [0.1, 0.15) is 23.5 Å². The second-order valence-corrected chi connectivity index (χ2v) is 15.1. The van der Waals surface area contributed by atoms with Gasteiger partial charge in [-0.15, -0.1) is 13.2 Å². The number of methoxy groups -OCH3 is 1. The lowest BCUT2D eigenvalue weighted by Gasteiger charge is -2.39. The first-order chi connectivity index (χ1) is 26.1. The van der Waals surface area contributed by atoms with E-state index in [-0.39, 0.29) is 25.3 Å². The number of amides is 3. The zero-order valence-corrected chi connectivity index (χ0v) is 32.0. The molecule has 3 amide bonds. The van der Waals surface area contributed by atoms with E-state index in [4.69, 9.17) is 14.2 Å². The first-order valence-corrected chi connectivity index (χ1v) is 19.0. The highest BCUT2D eigenvalue weighted by molar-refractivity contribution is 9.09. The lowest BCUT2D eigenvalue weighted by atomic mass is 9.70. The van der Waals surface area contributed by atoms with Gasteiger partial charge in [-0.1, -0.05) is 88.7 Å². The molecule has 1 unspecified atom stereocenters. The van der Waals surface area contributed by atoms with E-state index in [0.29, 0.717) is 29.0 Å². The van der Waals surface area contributed by atoms with Crippen molar-refractivity contribution < 1.29 is 38.5 Å². The summed E-state index contributed by atoms with van der Waals surface area (Å²) < 4.78 is 18.4. The number of carbonyl (C=O) groups excluding carboxylic acids is 4. The summed E-state index contributed by atoms with van der Waals surface area (Å²) in [5.74, 6) is -3.45. The highest BCUT2D eigenvalue weighted by Crippen LogP contribution is 2.61. The van der Waals surface area contributed by atoms with Gasteiger partial charge in [0, 0.05) is 23.5 Å². The van der Waals surface area contributed by atoms with Crippen LogP contribution >= 0.6 is 15.9 Å². The van der Waals surface area contributed by atoms with E-state index in [1.165, 1.54) is 9.80 Å². The minimum absolute atomic E-state index is 0.112. The van der Waals surface area contributed by atoms with E-state index in [0.717, 1.165) is 0 Å². The van der Waals surface area contributed by atoms with Crippen molar-refractivity contribution in [3.05, 3.63) is 121 Å². The fourth-order valence-electron chi connectivity index (χ4n) is 8.28. The first-order valence-electron chi connectivity index (χ1n) is 18.1. The number of aliphatic hydroxyl groups is 1. The maximum absolute atomic E-state index is 15.1. The largest absolute Gasteiger partial charge is 0.497 e. The fraction of sp³-hybridized carbons (Fsp3) is 0.381. The number of nitrogens with one attached hydrogen (secondary N) is 1. The third-order valence-corrected chi connectivity index (χ3v) is 11.5. The average Bonchev–Trinajstić information content (AvgIpc) is 3.79. The Morgan fingerprint density at radius 2 is 1.69 bits per heavy atom. The lowest BCUT2D eigenvalue weighted by molar-refractivity contribution is -0.162. The normalized spacial score (nSPS) is 25.6. The second kappa shape index (κ2) is 16.7. The Balaban J connectivity index is 1.41. The van der Waals surface area contributed by atoms with Crippen LogP contribution in [0.2, 0.25) is 0 Å². The van der Waals surface area contributed by atoms with Crippen molar-refractivity contribution >= 4 is 45.3 Å². The molecule has 0 saturated carbocycles. The molecular weight excluding hydrogens is 754 g/mol. The Hall–Kier alpha value is -4.78. The van der Waals surface area contributed by atoms with Crippen LogP contribution in [-0.4, -0.2) is 82.6 Å². The number of carbonyl (C=O) groups is 4. The summed E-state index contributed by atoms with van der Waals surface area (Å²) in [6, 6.07) is 22.3. The number of fused-ring (bicyclic) bond motifs is 1. The average molecular weight is 801 g/mol. The molecule has 1 spiro atoms. The molecule has 3 aliphatic heterocycles. The molecule has 3 aromatic carbocycles. The van der Waals surface area contributed by atoms with Crippen molar-refractivity contribution in [3.8, 4) is 5.75 Å². The number of nitrogens with zero attached hydrogens (tertiary/aromatic N) is 2. The second-order valence-electron chi connectivity index (χ2n) is 13.9. The molecule has 54 heavy (non-hydrogen) atoms. The van der Waals surface area contributed by atoms with Gasteiger partial charge in [-0.25, -0.2) is 0 Å². The maximum atomic E-state index is 15.1. The number of ether oxygens (including phenoxy) is 3. The SMILES string of the molecule is C=CCCC(=O)N[C@@H](C)[C@H](OC(=O)[C@H]1[C@@H]2O[C@@]3(CC2Br)[C@@H]1C(=O)N([C@H](CO)c1ccccc1)[C@@H]3C(=O)N(CC=C)c1ccc(OC)cc1)c1ccccc1. The van der Waals surface area contributed by atoms with Gasteiger partial charge in [-0.3, -0.25) is 19.2 Å². The Bertz CT molecular complexity index is 1840. The number of allylic oxidation sites excluding steroid dienone is 1. The van der Waals surface area contributed by atoms with Crippen molar-refractivity contribution in [2.75, 3.05) is 25.2 Å². The quantitative estimate of drug-likeness (QED) is 0.111. The summed E-state index contributed by atoms with van der Waals surface area (Å²) in [4.78, 5) is 60.1. The maximum Gasteiger partial charge on any atom is 0.313 e. The summed E-state index contributed by atoms with van der Waals surface area (Å²) in [6.07, 6.45) is 2.53. The zero-order valence-electron chi connectivity index (χ0n) is 30.4. The monoisotopic (exact) mass is 799 g/mol. The molecule has 3 aliphatic rings. The van der Waals surface area contributed by atoms with Crippen LogP contribution in [0.25, 0.3) is 0 Å². The molecule has 11 nitrogen and oxygen atoms in total. The minimum Gasteiger partial charge on any atom is -0.497 e. The van der Waals surface area contributed by atoms with Gasteiger partial charge in [0.05, 0.1) is 43.7 Å². The van der Waals surface area contributed by atoms with Crippen molar-refractivity contribution in [3.63, 3.8) is 0 Å². The zero-order chi connectivity index (χ0) is 38.6. The molecule has 12 heteroatoms. The van der Waals surface area contributed by atoms with Gasteiger partial charge in [-0.05, 0) is 55.2 Å². The van der Waals surface area contributed by atoms with Gasteiger partial charge in [0.15, 0.2) is 0 Å². The third kappa shape index (κ3) is 7.22. The Morgan fingerprint density at radius 1 is 1.04 bits per heavy atom. The number of likely N-dealkylation sites (tertiary alicyclic amines) is 1. The van der Waals surface area contributed by atoms with Crippen molar-refractivity contribution in [1.29, 1.82) is 0 Å². The standard InChI is InChI=1S/C42H46BrN3O8/c1-5-7-18-33(48)44-26(3)36(28-16-12-9-13-17-28)53-41(51)34-35-39(49)46(32(25-47)27-14-10-8-11-15-27)38(42(35)24-31(43)37(34)54-42)40(50)45(23-6-2)29-19-21-30(52-4)22-20-29/h5-6,8-17,19-22,26,31-32,34-38,47H,1-2,7,18,23-25H2,3-4H3,(H,44,48)/t26-,31?,32+,34+,35-,36-,37+,38+,42-/m0/s1. The van der Waals surface area contributed by atoms with Gasteiger partial charge < -0.3 is 34.4 Å². The molecule has 284 valence electrons. The number of hydrogen-bond acceptors (Lipinski definition) is 8. The van der Waals surface area contributed by atoms with Crippen molar-refractivity contribution in [2.45, 2.75) is 66.9 Å². The van der Waals surface area contributed by atoms with Gasteiger partial charge in [0.25, 0.3) is 5.91 Å². The predicted molar refractivity (Wildman–Crippen MR) is 207 cm³/mol. The van der Waals surface area contributed by atoms with Crippen LogP contribution in [0.1, 0.15) is 49.5 Å². The van der Waals surface area contributed by atoms with E-state index >= 15 is 9.59 Å². The van der Waals surface area contributed by atoms with E-state index in [1.807, 2.05) is 36.4 Å². The molecule has 3 aromatic rings. The smallest absolute Gasteiger partial charge is 0.313 e. The molecule has 0 aliphatic carbocycles. The molecule has 0 aromatic heterocycles. The van der Waals surface area contributed by atoms with Crippen LogP contribution in [0.3, 0.4) is 0 Å². The van der Waals surface area contributed by atoms with Crippen LogP contribution in [0.5, 0.6) is 5.75 Å². The van der Waals surface area contributed by atoms with E-state index in [2.05, 4.69) is 34.4 Å². The molecule has 3 fully saturated rings. The Morgan fingerprint density at radius 3 is 2.28 bits per heavy atom. The molecule has 6 rings (SSSR count). The Labute approximate surface area is 324 Å². The van der Waals surface area contributed by atoms with Crippen LogP contribution in [-0.2, 0) is 28.7 Å². The number of esters is 1. The number of rotatable bonds is 16. The number of alkyl halides is 1. The van der Waals surface area contributed by atoms with Crippen molar-refractivity contribution in [1.82, 2.24) is 10.2 Å². The van der Waals surface area contributed by atoms with Crippen LogP contribution in [0.4, 0.5) is 5.69 Å². The number of hydrogen-bond donors (Lipinski definition) is 2. The molecule has 0 radical (unpaired) electrons. The highest BCUT2D eigenvalue weighted by atomic mass is 79.9. The van der Waals surface area contributed by atoms with Crippen molar-refractivity contribution in [2.24, 2.45) is 11.8 Å². The molecule has 3 saturated heterocycles. The molecule has 2 bridgehead atoms. The summed E-state index contributed by atoms with van der Waals surface area (Å²) in [5.41, 5.74) is 0.378. The lowest BCUT2D eigenvalue weighted by Crippen LogP contribution is -2.57. The van der Waals surface area contributed by atoms with E-state index < -0.39 is 77.0 Å². The van der Waals surface area contributed by atoms with Crippen LogP contribution < -0.4 is 15.0 Å². The molecule has 3 heterocycles. The minimum atomic E-state index is -1.45. The first kappa shape index (κ1) is 38.9. The Kier molecular flexibility index (Phi) is 12.0. The summed E-state index contributed by atoms with van der Waals surface area (Å²) in [6.45, 7) is 8.97. The van der Waals surface area contributed by atoms with E-state index in [1.54, 1.807) is 74.7 Å². The van der Waals surface area contributed by atoms with Gasteiger partial charge >= 0.3 is 5.97 Å². The summed E-state index contributed by atoms with van der Waals surface area (Å²) in [7, 11) is 1.55. The number of halogens is 1. The summed E-state index contributed by atoms with van der Waals surface area (Å²) in [5, 5.41) is 13.9. The predicted octanol–water partition coefficient (Wildman–Crippen LogP) is 5.45. The fourth-order valence-corrected chi connectivity index (χ4v) is 9.23. The van der Waals surface area contributed by atoms with Crippen LogP contribution in [0.15, 0.2) is 110 Å². The number of aliphatic hydroxyl groups excluding tert-OH is 1. The van der Waals surface area contributed by atoms with E-state index in [9.17, 15) is 14.7 Å². The molecule has 2 N–H and O–H groups in total. The molecule has 9 atom stereocenters. The third-order valence-electron chi connectivity index (χ3n) is 10.7. The van der Waals surface area contributed by atoms with Crippen LogP contribution in [0, 0.1) is 11.8 Å². The molecular formula is C42H46BrN3O8. The van der Waals surface area contributed by atoms with Gasteiger partial charge in [-0.2, -0.15) is 0 Å². The highest BCUT2D eigenvalue weighted by Gasteiger charge is 2.77. The number of anilines is 1. The summed E-state index contributed by atoms with van der Waals surface area (Å²) >= 11 is 3.74.